The number of carbonyl (C=O) groups is 1. The molecule has 0 saturated carbocycles. The fourth-order valence-corrected chi connectivity index (χ4v) is 3.80. The van der Waals surface area contributed by atoms with Gasteiger partial charge in [0.05, 0.1) is 19.7 Å². The molecule has 1 aliphatic heterocycles. The van der Waals surface area contributed by atoms with E-state index in [0.717, 1.165) is 41.3 Å². The number of aliphatic hydroxyl groups is 1. The second-order valence-corrected chi connectivity index (χ2v) is 7.36. The first-order valence-electron chi connectivity index (χ1n) is 9.93. The van der Waals surface area contributed by atoms with E-state index in [1.807, 2.05) is 49.4 Å². The summed E-state index contributed by atoms with van der Waals surface area (Å²) in [5.74, 6) is 1.63. The Bertz CT molecular complexity index is 977. The Morgan fingerprint density at radius 2 is 2.07 bits per heavy atom. The number of carbonyl (C=O) groups excluding carboxylic acids is 1. The lowest BCUT2D eigenvalue weighted by Gasteiger charge is -2.26. The van der Waals surface area contributed by atoms with Crippen molar-refractivity contribution in [3.63, 3.8) is 0 Å². The third-order valence-corrected chi connectivity index (χ3v) is 5.21. The van der Waals surface area contributed by atoms with Crippen LogP contribution in [0.15, 0.2) is 46.9 Å². The van der Waals surface area contributed by atoms with Crippen LogP contribution in [0.4, 0.5) is 0 Å². The largest absolute Gasteiger partial charge is 0.465 e. The first-order chi connectivity index (χ1) is 14.1. The van der Waals surface area contributed by atoms with Gasteiger partial charge in [0.15, 0.2) is 5.69 Å². The summed E-state index contributed by atoms with van der Waals surface area (Å²) in [4.78, 5) is 15.2. The zero-order valence-electron chi connectivity index (χ0n) is 16.6. The minimum Gasteiger partial charge on any atom is -0.465 e. The van der Waals surface area contributed by atoms with Gasteiger partial charge in [-0.05, 0) is 24.6 Å². The number of amides is 1. The van der Waals surface area contributed by atoms with Gasteiger partial charge in [0.2, 0.25) is 0 Å². The van der Waals surface area contributed by atoms with E-state index in [-0.39, 0.29) is 12.5 Å². The molecule has 0 fully saturated rings. The van der Waals surface area contributed by atoms with Gasteiger partial charge in [-0.2, -0.15) is 5.10 Å². The number of aromatic nitrogens is 2. The Kier molecular flexibility index (Phi) is 5.78. The van der Waals surface area contributed by atoms with Crippen LogP contribution in [0, 0.1) is 6.92 Å². The Balaban J connectivity index is 1.52. The van der Waals surface area contributed by atoms with Crippen molar-refractivity contribution in [2.24, 2.45) is 0 Å². The van der Waals surface area contributed by atoms with Crippen LogP contribution in [-0.4, -0.2) is 38.8 Å². The van der Waals surface area contributed by atoms with Crippen molar-refractivity contribution in [1.82, 2.24) is 20.0 Å². The lowest BCUT2D eigenvalue weighted by Crippen LogP contribution is -2.32. The number of aliphatic hydroxyl groups excluding tert-OH is 1. The number of aryl methyl sites for hydroxylation is 1. The molecule has 152 valence electrons. The monoisotopic (exact) mass is 394 g/mol. The summed E-state index contributed by atoms with van der Waals surface area (Å²) in [6.07, 6.45) is 0.786. The van der Waals surface area contributed by atoms with Gasteiger partial charge in [0.25, 0.3) is 5.91 Å². The normalized spacial score (nSPS) is 14.0. The lowest BCUT2D eigenvalue weighted by atomic mass is 10.0. The summed E-state index contributed by atoms with van der Waals surface area (Å²) in [6.45, 7) is 4.97. The van der Waals surface area contributed by atoms with Gasteiger partial charge in [0, 0.05) is 37.3 Å². The zero-order valence-corrected chi connectivity index (χ0v) is 16.6. The molecular weight excluding hydrogens is 368 g/mol. The number of nitrogens with zero attached hydrogens (tertiary/aromatic N) is 3. The summed E-state index contributed by atoms with van der Waals surface area (Å²) < 4.78 is 7.49. The van der Waals surface area contributed by atoms with E-state index in [4.69, 9.17) is 4.42 Å². The third-order valence-electron chi connectivity index (χ3n) is 5.21. The number of hydrogen-bond donors (Lipinski definition) is 2. The van der Waals surface area contributed by atoms with E-state index in [9.17, 15) is 9.90 Å². The Morgan fingerprint density at radius 1 is 1.24 bits per heavy atom. The number of rotatable bonds is 7. The summed E-state index contributed by atoms with van der Waals surface area (Å²) in [5, 5.41) is 16.9. The highest BCUT2D eigenvalue weighted by Crippen LogP contribution is 2.24. The Labute approximate surface area is 169 Å². The van der Waals surface area contributed by atoms with Crippen LogP contribution in [-0.2, 0) is 32.6 Å². The van der Waals surface area contributed by atoms with Gasteiger partial charge >= 0.3 is 0 Å². The van der Waals surface area contributed by atoms with Crippen LogP contribution in [0.5, 0.6) is 0 Å². The topological polar surface area (TPSA) is 83.5 Å². The minimum absolute atomic E-state index is 0.00538. The molecule has 0 unspecified atom stereocenters. The average Bonchev–Trinajstić information content (AvgIpc) is 3.30. The molecule has 3 heterocycles. The van der Waals surface area contributed by atoms with Crippen LogP contribution in [0.1, 0.15) is 38.8 Å². The first kappa shape index (κ1) is 19.4. The molecule has 3 aromatic rings. The molecule has 29 heavy (non-hydrogen) atoms. The summed E-state index contributed by atoms with van der Waals surface area (Å²) in [6, 6.07) is 13.8. The maximum absolute atomic E-state index is 12.9. The molecule has 2 N–H and O–H groups in total. The summed E-state index contributed by atoms with van der Waals surface area (Å²) in [5.41, 5.74) is 3.47. The molecule has 2 aromatic heterocycles. The second kappa shape index (κ2) is 8.63. The van der Waals surface area contributed by atoms with Crippen molar-refractivity contribution in [2.75, 3.05) is 13.2 Å². The van der Waals surface area contributed by atoms with E-state index in [1.165, 1.54) is 0 Å². The van der Waals surface area contributed by atoms with E-state index < -0.39 is 0 Å². The molecule has 4 rings (SSSR count). The maximum Gasteiger partial charge on any atom is 0.272 e. The van der Waals surface area contributed by atoms with E-state index in [2.05, 4.69) is 15.3 Å². The lowest BCUT2D eigenvalue weighted by molar-refractivity contribution is 0.0942. The van der Waals surface area contributed by atoms with Gasteiger partial charge < -0.3 is 14.8 Å². The zero-order chi connectivity index (χ0) is 20.2. The Hall–Kier alpha value is -2.90. The van der Waals surface area contributed by atoms with E-state index in [1.54, 1.807) is 4.68 Å². The molecule has 0 saturated heterocycles. The van der Waals surface area contributed by atoms with Crippen molar-refractivity contribution < 1.29 is 14.3 Å². The number of fused-ring (bicyclic) bond motifs is 1. The molecule has 1 aromatic carbocycles. The number of furan rings is 1. The van der Waals surface area contributed by atoms with Crippen LogP contribution < -0.4 is 5.32 Å². The van der Waals surface area contributed by atoms with Gasteiger partial charge in [-0.15, -0.1) is 0 Å². The highest BCUT2D eigenvalue weighted by Gasteiger charge is 2.28. The summed E-state index contributed by atoms with van der Waals surface area (Å²) in [7, 11) is 0. The van der Waals surface area contributed by atoms with Crippen molar-refractivity contribution >= 4 is 5.91 Å². The predicted octanol–water partition coefficient (Wildman–Crippen LogP) is 2.27. The molecule has 0 radical (unpaired) electrons. The van der Waals surface area contributed by atoms with Crippen LogP contribution in [0.2, 0.25) is 0 Å². The molecule has 0 aliphatic carbocycles. The fraction of sp³-hybridized carbons (Fsp3) is 0.364. The van der Waals surface area contributed by atoms with Crippen LogP contribution in [0.3, 0.4) is 0 Å². The highest BCUT2D eigenvalue weighted by molar-refractivity contribution is 5.94. The molecule has 0 spiro atoms. The van der Waals surface area contributed by atoms with Crippen LogP contribution in [0.25, 0.3) is 0 Å². The minimum atomic E-state index is -0.183. The quantitative estimate of drug-likeness (QED) is 0.642. The van der Waals surface area contributed by atoms with Gasteiger partial charge in [-0.25, -0.2) is 0 Å². The molecule has 1 amide bonds. The molecule has 0 bridgehead atoms. The van der Waals surface area contributed by atoms with Crippen molar-refractivity contribution in [3.8, 4) is 0 Å². The van der Waals surface area contributed by atoms with Crippen LogP contribution >= 0.6 is 0 Å². The maximum atomic E-state index is 12.9. The van der Waals surface area contributed by atoms with Gasteiger partial charge in [-0.1, -0.05) is 30.3 Å². The number of benzene rings is 1. The van der Waals surface area contributed by atoms with Gasteiger partial charge in [0.1, 0.15) is 11.5 Å². The van der Waals surface area contributed by atoms with Crippen molar-refractivity contribution in [3.05, 3.63) is 76.5 Å². The second-order valence-electron chi connectivity index (χ2n) is 7.36. The van der Waals surface area contributed by atoms with Gasteiger partial charge in [-0.3, -0.25) is 14.4 Å². The van der Waals surface area contributed by atoms with Crippen molar-refractivity contribution in [2.45, 2.75) is 39.5 Å². The highest BCUT2D eigenvalue weighted by atomic mass is 16.3. The standard InChI is InChI=1S/C22H26N4O3/c1-16-7-8-18(29-16)14-25-10-9-20-19(15-25)21(24-26(20)11-12-27)22(28)23-13-17-5-3-2-4-6-17/h2-8,27H,9-15H2,1H3,(H,23,28). The average molecular weight is 394 g/mol. The smallest absolute Gasteiger partial charge is 0.272 e. The summed E-state index contributed by atoms with van der Waals surface area (Å²) >= 11 is 0. The third kappa shape index (κ3) is 4.41. The first-order valence-corrected chi connectivity index (χ1v) is 9.93. The number of hydrogen-bond acceptors (Lipinski definition) is 5. The van der Waals surface area contributed by atoms with E-state index in [0.29, 0.717) is 31.9 Å². The predicted molar refractivity (Wildman–Crippen MR) is 108 cm³/mol. The Morgan fingerprint density at radius 3 is 2.79 bits per heavy atom. The molecule has 7 nitrogen and oxygen atoms in total. The van der Waals surface area contributed by atoms with Crippen molar-refractivity contribution in [1.29, 1.82) is 0 Å². The fourth-order valence-electron chi connectivity index (χ4n) is 3.80. The molecular formula is C22H26N4O3. The molecule has 1 aliphatic rings. The SMILES string of the molecule is Cc1ccc(CN2CCc3c(c(C(=O)NCc4ccccc4)nn3CCO)C2)o1. The molecule has 0 atom stereocenters. The molecule has 7 heteroatoms. The number of nitrogens with one attached hydrogen (secondary N) is 1. The van der Waals surface area contributed by atoms with E-state index >= 15 is 0 Å².